The molecule has 14 heteroatoms. The first kappa shape index (κ1) is 30.0. The van der Waals surface area contributed by atoms with Crippen LogP contribution >= 0.6 is 0 Å². The minimum atomic E-state index is -2.68. The molecule has 2 amide bonds. The van der Waals surface area contributed by atoms with Crippen molar-refractivity contribution >= 4 is 28.7 Å². The van der Waals surface area contributed by atoms with Crippen LogP contribution in [0, 0.1) is 25.5 Å². The number of aromatic nitrogens is 5. The number of hydrogen-bond acceptors (Lipinski definition) is 7. The summed E-state index contributed by atoms with van der Waals surface area (Å²) in [5, 5.41) is 10.0. The molecule has 5 rings (SSSR count). The summed E-state index contributed by atoms with van der Waals surface area (Å²) in [6.07, 6.45) is -3.34. The third-order valence-electron chi connectivity index (χ3n) is 7.59. The first-order valence-electron chi connectivity index (χ1n) is 13.5. The number of carbonyl (C=O) groups is 2. The summed E-state index contributed by atoms with van der Waals surface area (Å²) in [7, 11) is 0. The van der Waals surface area contributed by atoms with Gasteiger partial charge in [-0.15, -0.1) is 0 Å². The van der Waals surface area contributed by atoms with Gasteiger partial charge in [-0.2, -0.15) is 5.10 Å². The summed E-state index contributed by atoms with van der Waals surface area (Å²) in [6.45, 7) is 7.46. The van der Waals surface area contributed by atoms with Crippen molar-refractivity contribution in [2.75, 3.05) is 11.9 Å². The molecule has 226 valence electrons. The molecule has 0 saturated carbocycles. The number of pyridine rings is 1. The lowest BCUT2D eigenvalue weighted by molar-refractivity contribution is -0.119. The average molecular weight is 599 g/mol. The second-order valence-electron chi connectivity index (χ2n) is 11.6. The highest BCUT2D eigenvalue weighted by atomic mass is 19.3. The fourth-order valence-corrected chi connectivity index (χ4v) is 5.00. The highest BCUT2D eigenvalue weighted by Gasteiger charge is 2.44. The van der Waals surface area contributed by atoms with Crippen LogP contribution in [0.2, 0.25) is 0 Å². The van der Waals surface area contributed by atoms with E-state index in [0.717, 1.165) is 0 Å². The van der Waals surface area contributed by atoms with Gasteiger partial charge in [0.25, 0.3) is 5.91 Å². The van der Waals surface area contributed by atoms with Gasteiger partial charge >= 0.3 is 0 Å². The molecule has 4 N–H and O–H groups in total. The van der Waals surface area contributed by atoms with Crippen molar-refractivity contribution in [2.45, 2.75) is 65.0 Å². The second kappa shape index (κ2) is 10.7. The van der Waals surface area contributed by atoms with Crippen LogP contribution in [0.1, 0.15) is 60.1 Å². The van der Waals surface area contributed by atoms with Gasteiger partial charge in [0, 0.05) is 24.1 Å². The molecule has 0 radical (unpaired) electrons. The molecular formula is C29H30F4N8O2. The van der Waals surface area contributed by atoms with E-state index in [1.165, 1.54) is 30.7 Å². The number of nitrogens with two attached hydrogens (primary N) is 1. The number of benzene rings is 1. The molecule has 0 spiro atoms. The number of nitrogens with zero attached hydrogens (tertiary/aromatic N) is 5. The Hall–Kier alpha value is -4.46. The quantitative estimate of drug-likeness (QED) is 0.259. The maximum Gasteiger partial charge on any atom is 0.270 e. The van der Waals surface area contributed by atoms with E-state index in [1.807, 2.05) is 0 Å². The topological polar surface area (TPSA) is 141 Å². The third kappa shape index (κ3) is 5.54. The highest BCUT2D eigenvalue weighted by Crippen LogP contribution is 2.40. The van der Waals surface area contributed by atoms with Crippen LogP contribution in [0.4, 0.5) is 23.4 Å². The van der Waals surface area contributed by atoms with Crippen molar-refractivity contribution in [1.29, 1.82) is 0 Å². The second-order valence-corrected chi connectivity index (χ2v) is 11.6. The number of halogens is 4. The van der Waals surface area contributed by atoms with Crippen molar-refractivity contribution in [3.8, 4) is 11.5 Å². The molecule has 4 heterocycles. The van der Waals surface area contributed by atoms with Crippen LogP contribution in [0.3, 0.4) is 0 Å². The first-order chi connectivity index (χ1) is 20.1. The SMILES string of the molecule is Cc1nc2c(cc1F)c(-c1nc3c(c(C(=O)NCC(C)(N)CC(F)F)n1)C(C)(C)C(=O)N3)nn2Cc1cccc(F)c1C. The summed E-state index contributed by atoms with van der Waals surface area (Å²) >= 11 is 0. The zero-order chi connectivity index (χ0) is 31.4. The molecule has 1 aliphatic heterocycles. The zero-order valence-electron chi connectivity index (χ0n) is 24.1. The van der Waals surface area contributed by atoms with Crippen molar-refractivity contribution in [3.05, 3.63) is 64.0 Å². The van der Waals surface area contributed by atoms with E-state index >= 15 is 0 Å². The fourth-order valence-electron chi connectivity index (χ4n) is 5.00. The van der Waals surface area contributed by atoms with Crippen LogP contribution < -0.4 is 16.4 Å². The standard InChI is InChI=1S/C29H30F4N8O2/c1-13-15(7-6-8-17(13)30)11-41-25-16(9-18(31)14(2)36-25)21(40-41)24-37-22(20-23(38-24)39-27(43)28(20,3)4)26(42)35-12-29(5,34)10-19(32)33/h6-9,19H,10-12,34H2,1-5H3,(H,35,42)(H,37,38,39,43). The molecular weight excluding hydrogens is 568 g/mol. The van der Waals surface area contributed by atoms with E-state index in [2.05, 4.69) is 30.7 Å². The molecule has 4 aromatic rings. The lowest BCUT2D eigenvalue weighted by Crippen LogP contribution is -2.49. The summed E-state index contributed by atoms with van der Waals surface area (Å²) in [5.41, 5.74) is 4.78. The highest BCUT2D eigenvalue weighted by molar-refractivity contribution is 6.09. The van der Waals surface area contributed by atoms with E-state index in [1.54, 1.807) is 32.9 Å². The van der Waals surface area contributed by atoms with Gasteiger partial charge < -0.3 is 16.4 Å². The number of aryl methyl sites for hydroxylation is 1. The summed E-state index contributed by atoms with van der Waals surface area (Å²) in [6, 6.07) is 5.85. The number of rotatable bonds is 8. The third-order valence-corrected chi connectivity index (χ3v) is 7.59. The largest absolute Gasteiger partial charge is 0.349 e. The summed E-state index contributed by atoms with van der Waals surface area (Å²) in [5.74, 6) is -2.29. The lowest BCUT2D eigenvalue weighted by Gasteiger charge is -2.25. The van der Waals surface area contributed by atoms with Gasteiger partial charge in [-0.25, -0.2) is 37.2 Å². The molecule has 43 heavy (non-hydrogen) atoms. The Morgan fingerprint density at radius 2 is 1.88 bits per heavy atom. The number of alkyl halides is 2. The fraction of sp³-hybridized carbons (Fsp3) is 0.379. The molecule has 3 aromatic heterocycles. The Morgan fingerprint density at radius 3 is 2.58 bits per heavy atom. The molecule has 1 unspecified atom stereocenters. The molecule has 1 aliphatic rings. The number of carbonyl (C=O) groups excluding carboxylic acids is 2. The number of hydrogen-bond donors (Lipinski definition) is 3. The first-order valence-corrected chi connectivity index (χ1v) is 13.5. The van der Waals surface area contributed by atoms with Crippen LogP contribution in [-0.4, -0.2) is 55.1 Å². The van der Waals surface area contributed by atoms with E-state index in [0.29, 0.717) is 11.1 Å². The Labute approximate surface area is 244 Å². The minimum Gasteiger partial charge on any atom is -0.349 e. The van der Waals surface area contributed by atoms with Gasteiger partial charge in [0.15, 0.2) is 11.5 Å². The van der Waals surface area contributed by atoms with Crippen LogP contribution in [0.15, 0.2) is 24.3 Å². The van der Waals surface area contributed by atoms with Crippen LogP contribution in [0.5, 0.6) is 0 Å². The predicted molar refractivity (Wildman–Crippen MR) is 151 cm³/mol. The van der Waals surface area contributed by atoms with E-state index in [-0.39, 0.29) is 58.4 Å². The van der Waals surface area contributed by atoms with Gasteiger partial charge in [0.2, 0.25) is 12.3 Å². The van der Waals surface area contributed by atoms with Gasteiger partial charge in [-0.3, -0.25) is 9.59 Å². The summed E-state index contributed by atoms with van der Waals surface area (Å²) < 4.78 is 56.5. The number of anilines is 1. The van der Waals surface area contributed by atoms with E-state index in [9.17, 15) is 27.2 Å². The Balaban J connectivity index is 1.65. The smallest absolute Gasteiger partial charge is 0.270 e. The van der Waals surface area contributed by atoms with E-state index < -0.39 is 47.2 Å². The van der Waals surface area contributed by atoms with Crippen LogP contribution in [-0.2, 0) is 16.8 Å². The van der Waals surface area contributed by atoms with Crippen molar-refractivity contribution < 1.29 is 27.2 Å². The van der Waals surface area contributed by atoms with E-state index in [4.69, 9.17) is 5.73 Å². The van der Waals surface area contributed by atoms with Crippen molar-refractivity contribution in [2.24, 2.45) is 5.73 Å². The molecule has 1 aromatic carbocycles. The number of amides is 2. The Morgan fingerprint density at radius 1 is 1.16 bits per heavy atom. The maximum absolute atomic E-state index is 14.8. The molecule has 0 fully saturated rings. The Kier molecular flexibility index (Phi) is 7.45. The number of fused-ring (bicyclic) bond motifs is 2. The van der Waals surface area contributed by atoms with Crippen molar-refractivity contribution in [1.82, 2.24) is 30.0 Å². The average Bonchev–Trinajstić information content (AvgIpc) is 3.37. The van der Waals surface area contributed by atoms with Gasteiger partial charge in [0.1, 0.15) is 28.8 Å². The van der Waals surface area contributed by atoms with Gasteiger partial charge in [-0.05, 0) is 57.9 Å². The molecule has 10 nitrogen and oxygen atoms in total. The van der Waals surface area contributed by atoms with Gasteiger partial charge in [-0.1, -0.05) is 12.1 Å². The zero-order valence-corrected chi connectivity index (χ0v) is 24.1. The van der Waals surface area contributed by atoms with Crippen LogP contribution in [0.25, 0.3) is 22.6 Å². The Bertz CT molecular complexity index is 1780. The number of nitrogens with one attached hydrogen (secondary N) is 2. The monoisotopic (exact) mass is 598 g/mol. The van der Waals surface area contributed by atoms with Gasteiger partial charge in [0.05, 0.1) is 23.0 Å². The van der Waals surface area contributed by atoms with Crippen molar-refractivity contribution in [3.63, 3.8) is 0 Å². The molecule has 0 saturated heterocycles. The molecule has 1 atom stereocenters. The lowest BCUT2D eigenvalue weighted by atomic mass is 9.85. The minimum absolute atomic E-state index is 0.0532. The maximum atomic E-state index is 14.8. The summed E-state index contributed by atoms with van der Waals surface area (Å²) in [4.78, 5) is 39.6. The molecule has 0 aliphatic carbocycles. The normalized spacial score (nSPS) is 15.5. The molecule has 0 bridgehead atoms. The predicted octanol–water partition coefficient (Wildman–Crippen LogP) is 4.16.